The van der Waals surface area contributed by atoms with Gasteiger partial charge < -0.3 is 0 Å². The van der Waals surface area contributed by atoms with Gasteiger partial charge in [0, 0.05) is 0 Å². The summed E-state index contributed by atoms with van der Waals surface area (Å²) < 4.78 is 0. The molecule has 0 fully saturated rings. The molecule has 0 saturated heterocycles. The van der Waals surface area contributed by atoms with Gasteiger partial charge in [-0.3, -0.25) is 9.79 Å². The van der Waals surface area contributed by atoms with E-state index in [4.69, 9.17) is 0 Å². The first-order valence-corrected chi connectivity index (χ1v) is 1.81. The monoisotopic (exact) mass is 97.0 g/mol. The Bertz CT molecular complexity index is 137. The second kappa shape index (κ2) is 1.59. The lowest BCUT2D eigenvalue weighted by Gasteiger charge is -1.86. The Morgan fingerprint density at radius 2 is 2.57 bits per heavy atom. The molecule has 0 atom stereocenters. The predicted molar refractivity (Wildman–Crippen MR) is 23.2 cm³/mol. The Labute approximate surface area is 40.0 Å². The fraction of sp³-hybridized carbons (Fsp3) is 0.333. The molecule has 1 heterocycles. The van der Waals surface area contributed by atoms with Gasteiger partial charge in [0.25, 0.3) is 5.91 Å². The SMILES string of the molecule is O=C1CN=CN=N1. The molecule has 0 radical (unpaired) electrons. The van der Waals surface area contributed by atoms with Gasteiger partial charge in [0.15, 0.2) is 0 Å². The normalized spacial score (nSPS) is 18.0. The first-order chi connectivity index (χ1) is 3.39. The van der Waals surface area contributed by atoms with Gasteiger partial charge in [-0.25, -0.2) is 0 Å². The number of carbonyl (C=O) groups excluding carboxylic acids is 1. The smallest absolute Gasteiger partial charge is 0.269 e. The van der Waals surface area contributed by atoms with Crippen LogP contribution in [0, 0.1) is 0 Å². The molecule has 0 bridgehead atoms. The number of nitrogens with zero attached hydrogens (tertiary/aromatic N) is 3. The van der Waals surface area contributed by atoms with E-state index in [1.54, 1.807) is 0 Å². The van der Waals surface area contributed by atoms with Crippen LogP contribution in [0.2, 0.25) is 0 Å². The third-order valence-electron chi connectivity index (χ3n) is 0.529. The molecule has 1 amide bonds. The topological polar surface area (TPSA) is 54.1 Å². The average Bonchev–Trinajstić information content (AvgIpc) is 1.69. The number of amides is 1. The van der Waals surface area contributed by atoms with Crippen molar-refractivity contribution in [1.82, 2.24) is 0 Å². The lowest BCUT2D eigenvalue weighted by molar-refractivity contribution is -0.117. The average molecular weight is 97.1 g/mol. The maximum atomic E-state index is 10.1. The molecule has 36 valence electrons. The molecule has 4 nitrogen and oxygen atoms in total. The van der Waals surface area contributed by atoms with Gasteiger partial charge in [-0.2, -0.15) is 0 Å². The minimum Gasteiger partial charge on any atom is -0.269 e. The number of hydrogen-bond acceptors (Lipinski definition) is 3. The Hall–Kier alpha value is -1.06. The molecule has 0 spiro atoms. The summed E-state index contributed by atoms with van der Waals surface area (Å²) in [5, 5.41) is 6.41. The largest absolute Gasteiger partial charge is 0.286 e. The van der Waals surface area contributed by atoms with Gasteiger partial charge in [0.2, 0.25) is 0 Å². The van der Waals surface area contributed by atoms with Crippen LogP contribution < -0.4 is 0 Å². The maximum Gasteiger partial charge on any atom is 0.286 e. The predicted octanol–water partition coefficient (Wildman–Crippen LogP) is 0.00710. The summed E-state index contributed by atoms with van der Waals surface area (Å²) in [6.45, 7) is 0.156. The number of hydrogen-bond donors (Lipinski definition) is 0. The second-order valence-corrected chi connectivity index (χ2v) is 1.07. The van der Waals surface area contributed by atoms with Gasteiger partial charge in [-0.1, -0.05) is 0 Å². The fourth-order valence-corrected chi connectivity index (χ4v) is 0.277. The van der Waals surface area contributed by atoms with Crippen molar-refractivity contribution in [2.24, 2.45) is 15.2 Å². The number of azo groups is 1. The van der Waals surface area contributed by atoms with E-state index in [-0.39, 0.29) is 12.5 Å². The first kappa shape index (κ1) is 4.11. The van der Waals surface area contributed by atoms with Crippen molar-refractivity contribution >= 4 is 12.2 Å². The quantitative estimate of drug-likeness (QED) is 0.420. The lowest BCUT2D eigenvalue weighted by Crippen LogP contribution is -2.00. The summed E-state index contributed by atoms with van der Waals surface area (Å²) in [6.07, 6.45) is 1.27. The van der Waals surface area contributed by atoms with Crippen LogP contribution in [-0.2, 0) is 4.79 Å². The van der Waals surface area contributed by atoms with E-state index >= 15 is 0 Å². The molecular formula is C3H3N3O. The highest BCUT2D eigenvalue weighted by Crippen LogP contribution is 1.83. The minimum absolute atomic E-state index is 0.156. The molecule has 0 aliphatic carbocycles. The second-order valence-electron chi connectivity index (χ2n) is 1.07. The summed E-state index contributed by atoms with van der Waals surface area (Å²) >= 11 is 0. The summed E-state index contributed by atoms with van der Waals surface area (Å²) in [4.78, 5) is 13.6. The van der Waals surface area contributed by atoms with E-state index in [2.05, 4.69) is 15.2 Å². The van der Waals surface area contributed by atoms with Gasteiger partial charge in [0.1, 0.15) is 12.9 Å². The third-order valence-corrected chi connectivity index (χ3v) is 0.529. The Kier molecular flexibility index (Phi) is 0.934. The Morgan fingerprint density at radius 3 is 2.86 bits per heavy atom. The molecule has 1 aliphatic heterocycles. The van der Waals surface area contributed by atoms with Crippen molar-refractivity contribution in [1.29, 1.82) is 0 Å². The molecule has 1 rings (SSSR count). The standard InChI is InChI=1S/C3H3N3O/c7-3-1-4-2-5-6-3/h2H,1H2. The van der Waals surface area contributed by atoms with E-state index in [1.165, 1.54) is 6.34 Å². The maximum absolute atomic E-state index is 10.1. The van der Waals surface area contributed by atoms with Crippen LogP contribution in [0.4, 0.5) is 0 Å². The zero-order chi connectivity index (χ0) is 5.11. The summed E-state index contributed by atoms with van der Waals surface area (Å²) in [5.41, 5.74) is 0. The van der Waals surface area contributed by atoms with Crippen molar-refractivity contribution < 1.29 is 4.79 Å². The molecule has 0 aromatic rings. The van der Waals surface area contributed by atoms with Crippen molar-refractivity contribution in [2.75, 3.05) is 6.54 Å². The molecule has 1 aliphatic rings. The van der Waals surface area contributed by atoms with Crippen LogP contribution >= 0.6 is 0 Å². The van der Waals surface area contributed by atoms with Gasteiger partial charge >= 0.3 is 0 Å². The highest BCUT2D eigenvalue weighted by atomic mass is 16.2. The number of rotatable bonds is 0. The molecule has 0 N–H and O–H groups in total. The number of carbonyl (C=O) groups is 1. The molecule has 7 heavy (non-hydrogen) atoms. The van der Waals surface area contributed by atoms with Gasteiger partial charge in [0.05, 0.1) is 0 Å². The van der Waals surface area contributed by atoms with E-state index in [0.717, 1.165) is 0 Å². The number of aliphatic imine (C=N–C) groups is 1. The highest BCUT2D eigenvalue weighted by Gasteiger charge is 1.96. The first-order valence-electron chi connectivity index (χ1n) is 1.81. The van der Waals surface area contributed by atoms with Crippen molar-refractivity contribution in [3.63, 3.8) is 0 Å². The summed E-state index contributed by atoms with van der Waals surface area (Å²) in [6, 6.07) is 0. The molecule has 0 saturated carbocycles. The third kappa shape index (κ3) is 0.887. The van der Waals surface area contributed by atoms with Crippen LogP contribution in [0.15, 0.2) is 15.2 Å². The van der Waals surface area contributed by atoms with Crippen LogP contribution in [0.25, 0.3) is 0 Å². The highest BCUT2D eigenvalue weighted by molar-refractivity contribution is 5.82. The molecule has 0 aromatic carbocycles. The van der Waals surface area contributed by atoms with E-state index < -0.39 is 0 Å². The van der Waals surface area contributed by atoms with Gasteiger partial charge in [-0.05, 0) is 0 Å². The lowest BCUT2D eigenvalue weighted by atomic mass is 10.6. The van der Waals surface area contributed by atoms with Crippen LogP contribution in [0.3, 0.4) is 0 Å². The van der Waals surface area contributed by atoms with E-state index in [9.17, 15) is 4.79 Å². The van der Waals surface area contributed by atoms with Crippen molar-refractivity contribution in [3.05, 3.63) is 0 Å². The fourth-order valence-electron chi connectivity index (χ4n) is 0.277. The van der Waals surface area contributed by atoms with E-state index in [0.29, 0.717) is 0 Å². The summed E-state index contributed by atoms with van der Waals surface area (Å²) in [7, 11) is 0. The van der Waals surface area contributed by atoms with Crippen molar-refractivity contribution in [3.8, 4) is 0 Å². The van der Waals surface area contributed by atoms with Gasteiger partial charge in [-0.15, -0.1) is 10.2 Å². The molecule has 0 unspecified atom stereocenters. The Balaban J connectivity index is 2.66. The molecular weight excluding hydrogens is 94.1 g/mol. The van der Waals surface area contributed by atoms with Crippen LogP contribution in [-0.4, -0.2) is 18.8 Å². The zero-order valence-electron chi connectivity index (χ0n) is 3.53. The van der Waals surface area contributed by atoms with Crippen LogP contribution in [0.5, 0.6) is 0 Å². The summed E-state index contributed by atoms with van der Waals surface area (Å²) in [5.74, 6) is -0.275. The Morgan fingerprint density at radius 1 is 1.71 bits per heavy atom. The molecule has 0 aromatic heterocycles. The van der Waals surface area contributed by atoms with Crippen LogP contribution in [0.1, 0.15) is 0 Å². The van der Waals surface area contributed by atoms with E-state index in [1.807, 2.05) is 0 Å². The zero-order valence-corrected chi connectivity index (χ0v) is 3.53. The minimum atomic E-state index is -0.275. The molecule has 4 heteroatoms. The van der Waals surface area contributed by atoms with Crippen molar-refractivity contribution in [2.45, 2.75) is 0 Å².